The summed E-state index contributed by atoms with van der Waals surface area (Å²) in [4.78, 5) is 11.7. The molecule has 1 aromatic carbocycles. The Kier molecular flexibility index (Phi) is 4.83. The minimum absolute atomic E-state index is 0.254. The highest BCUT2D eigenvalue weighted by molar-refractivity contribution is 5.67. The molecule has 3 nitrogen and oxygen atoms in total. The van der Waals surface area contributed by atoms with Crippen LogP contribution in [0.1, 0.15) is 44.6 Å². The van der Waals surface area contributed by atoms with Crippen molar-refractivity contribution < 1.29 is 9.53 Å². The van der Waals surface area contributed by atoms with E-state index in [1.54, 1.807) is 0 Å². The molecule has 0 radical (unpaired) electrons. The zero-order chi connectivity index (χ0) is 13.6. The van der Waals surface area contributed by atoms with Crippen molar-refractivity contribution in [2.45, 2.75) is 45.6 Å². The van der Waals surface area contributed by atoms with Crippen LogP contribution in [0.3, 0.4) is 0 Å². The van der Waals surface area contributed by atoms with Crippen LogP contribution in [-0.4, -0.2) is 12.6 Å². The molecular weight excluding hydrogens is 238 g/mol. The molecule has 0 unspecified atom stereocenters. The average molecular weight is 261 g/mol. The van der Waals surface area contributed by atoms with Crippen LogP contribution in [0.2, 0.25) is 0 Å². The van der Waals surface area contributed by atoms with Gasteiger partial charge in [0, 0.05) is 6.54 Å². The number of nitrogens with one attached hydrogen (secondary N) is 1. The molecule has 0 bridgehead atoms. The molecular formula is C16H23NO2. The lowest BCUT2D eigenvalue weighted by atomic mass is 9.76. The number of rotatable bonds is 4. The van der Waals surface area contributed by atoms with Crippen molar-refractivity contribution in [2.75, 3.05) is 6.54 Å². The Morgan fingerprint density at radius 3 is 2.58 bits per heavy atom. The highest BCUT2D eigenvalue weighted by Gasteiger charge is 2.27. The van der Waals surface area contributed by atoms with E-state index in [-0.39, 0.29) is 11.5 Å². The van der Waals surface area contributed by atoms with Crippen LogP contribution in [0, 0.1) is 5.41 Å². The highest BCUT2D eigenvalue weighted by atomic mass is 16.5. The molecule has 1 aliphatic rings. The highest BCUT2D eigenvalue weighted by Crippen LogP contribution is 2.34. The van der Waals surface area contributed by atoms with Crippen LogP contribution in [0.4, 0.5) is 4.79 Å². The average Bonchev–Trinajstić information content (AvgIpc) is 2.45. The second-order valence-electron chi connectivity index (χ2n) is 5.79. The molecule has 0 aliphatic heterocycles. The van der Waals surface area contributed by atoms with E-state index in [1.165, 1.54) is 32.1 Å². The molecule has 1 fully saturated rings. The van der Waals surface area contributed by atoms with E-state index in [0.717, 1.165) is 12.1 Å². The Morgan fingerprint density at radius 2 is 1.89 bits per heavy atom. The van der Waals surface area contributed by atoms with Crippen molar-refractivity contribution in [3.63, 3.8) is 0 Å². The van der Waals surface area contributed by atoms with E-state index in [0.29, 0.717) is 6.61 Å². The zero-order valence-corrected chi connectivity index (χ0v) is 11.7. The predicted molar refractivity (Wildman–Crippen MR) is 75.8 cm³/mol. The third-order valence-corrected chi connectivity index (χ3v) is 3.93. The van der Waals surface area contributed by atoms with Crippen molar-refractivity contribution in [2.24, 2.45) is 5.41 Å². The number of ether oxygens (including phenoxy) is 1. The van der Waals surface area contributed by atoms with Gasteiger partial charge in [-0.15, -0.1) is 0 Å². The largest absolute Gasteiger partial charge is 0.445 e. The Morgan fingerprint density at radius 1 is 1.21 bits per heavy atom. The van der Waals surface area contributed by atoms with Gasteiger partial charge in [-0.2, -0.15) is 0 Å². The molecule has 19 heavy (non-hydrogen) atoms. The topological polar surface area (TPSA) is 38.3 Å². The van der Waals surface area contributed by atoms with Crippen LogP contribution < -0.4 is 5.32 Å². The summed E-state index contributed by atoms with van der Waals surface area (Å²) in [6, 6.07) is 9.75. The van der Waals surface area contributed by atoms with Crippen LogP contribution in [0.5, 0.6) is 0 Å². The standard InChI is InChI=1S/C16H23NO2/c1-16(10-6-3-7-11-16)13-17-15(18)19-12-14-8-4-2-5-9-14/h2,4-5,8-9H,3,6-7,10-13H2,1H3,(H,17,18). The summed E-state index contributed by atoms with van der Waals surface area (Å²) in [6.07, 6.45) is 5.97. The number of hydrogen-bond donors (Lipinski definition) is 1. The first-order valence-corrected chi connectivity index (χ1v) is 7.13. The predicted octanol–water partition coefficient (Wildman–Crippen LogP) is 3.88. The molecule has 104 valence electrons. The third kappa shape index (κ3) is 4.58. The van der Waals surface area contributed by atoms with Crippen molar-refractivity contribution >= 4 is 6.09 Å². The summed E-state index contributed by atoms with van der Waals surface area (Å²) in [7, 11) is 0. The first-order valence-electron chi connectivity index (χ1n) is 7.13. The van der Waals surface area contributed by atoms with E-state index < -0.39 is 0 Å². The smallest absolute Gasteiger partial charge is 0.407 e. The van der Waals surface area contributed by atoms with Crippen LogP contribution in [0.15, 0.2) is 30.3 Å². The zero-order valence-electron chi connectivity index (χ0n) is 11.7. The number of carbonyl (C=O) groups excluding carboxylic acids is 1. The fourth-order valence-electron chi connectivity index (χ4n) is 2.64. The summed E-state index contributed by atoms with van der Waals surface area (Å²) >= 11 is 0. The third-order valence-electron chi connectivity index (χ3n) is 3.93. The summed E-state index contributed by atoms with van der Waals surface area (Å²) in [5.74, 6) is 0. The number of amides is 1. The van der Waals surface area contributed by atoms with Crippen molar-refractivity contribution in [3.05, 3.63) is 35.9 Å². The molecule has 1 amide bonds. The molecule has 0 aromatic heterocycles. The number of carbonyl (C=O) groups is 1. The molecule has 0 heterocycles. The van der Waals surface area contributed by atoms with Crippen LogP contribution in [0.25, 0.3) is 0 Å². The molecule has 2 rings (SSSR count). The SMILES string of the molecule is CC1(CNC(=O)OCc2ccccc2)CCCCC1. The van der Waals surface area contributed by atoms with Crippen molar-refractivity contribution in [1.82, 2.24) is 5.32 Å². The van der Waals surface area contributed by atoms with Gasteiger partial charge in [0.25, 0.3) is 0 Å². The van der Waals surface area contributed by atoms with Gasteiger partial charge in [-0.25, -0.2) is 4.79 Å². The second kappa shape index (κ2) is 6.60. The molecule has 0 spiro atoms. The van der Waals surface area contributed by atoms with E-state index in [9.17, 15) is 4.79 Å². The quantitative estimate of drug-likeness (QED) is 0.893. The van der Waals surface area contributed by atoms with Gasteiger partial charge in [0.2, 0.25) is 0 Å². The second-order valence-corrected chi connectivity index (χ2v) is 5.79. The minimum atomic E-state index is -0.310. The van der Waals surface area contributed by atoms with E-state index in [1.807, 2.05) is 30.3 Å². The van der Waals surface area contributed by atoms with Gasteiger partial charge in [-0.3, -0.25) is 0 Å². The van der Waals surface area contributed by atoms with Gasteiger partial charge >= 0.3 is 6.09 Å². The minimum Gasteiger partial charge on any atom is -0.445 e. The van der Waals surface area contributed by atoms with Gasteiger partial charge in [-0.05, 0) is 23.8 Å². The van der Waals surface area contributed by atoms with E-state index >= 15 is 0 Å². The summed E-state index contributed by atoms with van der Waals surface area (Å²) in [5.41, 5.74) is 1.27. The van der Waals surface area contributed by atoms with Crippen LogP contribution >= 0.6 is 0 Å². The molecule has 1 aliphatic carbocycles. The monoisotopic (exact) mass is 261 g/mol. The maximum absolute atomic E-state index is 11.7. The normalized spacial score (nSPS) is 17.7. The Labute approximate surface area is 115 Å². The van der Waals surface area contributed by atoms with Crippen molar-refractivity contribution in [1.29, 1.82) is 0 Å². The maximum Gasteiger partial charge on any atom is 0.407 e. The van der Waals surface area contributed by atoms with Crippen molar-refractivity contribution in [3.8, 4) is 0 Å². The Hall–Kier alpha value is -1.51. The summed E-state index contributed by atoms with van der Waals surface area (Å²) < 4.78 is 5.21. The van der Waals surface area contributed by atoms with Gasteiger partial charge in [-0.1, -0.05) is 56.5 Å². The molecule has 1 N–H and O–H groups in total. The molecule has 0 atom stereocenters. The fourth-order valence-corrected chi connectivity index (χ4v) is 2.64. The van der Waals surface area contributed by atoms with Gasteiger partial charge in [0.1, 0.15) is 6.61 Å². The van der Waals surface area contributed by atoms with Crippen LogP contribution in [-0.2, 0) is 11.3 Å². The fraction of sp³-hybridized carbons (Fsp3) is 0.562. The molecule has 0 saturated heterocycles. The van der Waals surface area contributed by atoms with Gasteiger partial charge < -0.3 is 10.1 Å². The Bertz CT molecular complexity index is 396. The summed E-state index contributed by atoms with van der Waals surface area (Å²) in [6.45, 7) is 3.31. The van der Waals surface area contributed by atoms with Gasteiger partial charge in [0.05, 0.1) is 0 Å². The Balaban J connectivity index is 1.70. The molecule has 1 saturated carbocycles. The lowest BCUT2D eigenvalue weighted by molar-refractivity contribution is 0.128. The maximum atomic E-state index is 11.7. The molecule has 3 heteroatoms. The lowest BCUT2D eigenvalue weighted by Crippen LogP contribution is -2.37. The number of benzene rings is 1. The number of alkyl carbamates (subject to hydrolysis) is 1. The lowest BCUT2D eigenvalue weighted by Gasteiger charge is -2.33. The first kappa shape index (κ1) is 13.9. The van der Waals surface area contributed by atoms with Gasteiger partial charge in [0.15, 0.2) is 0 Å². The number of hydrogen-bond acceptors (Lipinski definition) is 2. The summed E-state index contributed by atoms with van der Waals surface area (Å²) in [5, 5.41) is 2.90. The molecule has 1 aromatic rings. The van der Waals surface area contributed by atoms with E-state index in [4.69, 9.17) is 4.74 Å². The first-order chi connectivity index (χ1) is 9.18. The van der Waals surface area contributed by atoms with E-state index in [2.05, 4.69) is 12.2 Å².